The Bertz CT molecular complexity index is 630. The molecule has 2 N–H and O–H groups in total. The molecular formula is C13H12Cl2N4. The number of anilines is 1. The second kappa shape index (κ2) is 4.96. The van der Waals surface area contributed by atoms with E-state index in [2.05, 4.69) is 20.6 Å². The molecule has 0 amide bonds. The lowest BCUT2D eigenvalue weighted by Crippen LogP contribution is -2.33. The topological polar surface area (TPSA) is 49.8 Å². The molecule has 4 nitrogen and oxygen atoms in total. The highest BCUT2D eigenvalue weighted by molar-refractivity contribution is 6.35. The summed E-state index contributed by atoms with van der Waals surface area (Å²) < 4.78 is 0. The number of nitrogens with one attached hydrogen (secondary N) is 2. The number of benzene rings is 1. The van der Waals surface area contributed by atoms with Crippen LogP contribution in [0.1, 0.15) is 23.1 Å². The van der Waals surface area contributed by atoms with Crippen molar-refractivity contribution in [1.29, 1.82) is 0 Å². The highest BCUT2D eigenvalue weighted by Gasteiger charge is 2.21. The minimum atomic E-state index is -0.0773. The maximum atomic E-state index is 6.22. The van der Waals surface area contributed by atoms with Crippen LogP contribution in [-0.4, -0.2) is 9.97 Å². The van der Waals surface area contributed by atoms with Crippen LogP contribution in [0.25, 0.3) is 0 Å². The van der Waals surface area contributed by atoms with Crippen LogP contribution in [0.2, 0.25) is 10.0 Å². The van der Waals surface area contributed by atoms with Crippen LogP contribution in [0.4, 0.5) is 5.82 Å². The third kappa shape index (κ3) is 2.52. The predicted molar refractivity (Wildman–Crippen MR) is 76.4 cm³/mol. The summed E-state index contributed by atoms with van der Waals surface area (Å²) in [5.41, 5.74) is 2.00. The molecule has 1 aliphatic heterocycles. The zero-order valence-corrected chi connectivity index (χ0v) is 11.8. The molecule has 3 rings (SSSR count). The lowest BCUT2D eigenvalue weighted by atomic mass is 10.1. The van der Waals surface area contributed by atoms with E-state index in [-0.39, 0.29) is 6.17 Å². The Hall–Kier alpha value is -1.36. The second-order valence-corrected chi connectivity index (χ2v) is 5.26. The van der Waals surface area contributed by atoms with E-state index in [1.165, 1.54) is 0 Å². The fourth-order valence-electron chi connectivity index (χ4n) is 2.07. The maximum absolute atomic E-state index is 6.22. The van der Waals surface area contributed by atoms with E-state index in [4.69, 9.17) is 23.2 Å². The van der Waals surface area contributed by atoms with Crippen molar-refractivity contribution in [2.45, 2.75) is 19.6 Å². The van der Waals surface area contributed by atoms with Gasteiger partial charge in [0.15, 0.2) is 0 Å². The van der Waals surface area contributed by atoms with Crippen LogP contribution in [0.3, 0.4) is 0 Å². The van der Waals surface area contributed by atoms with E-state index in [1.54, 1.807) is 6.07 Å². The summed E-state index contributed by atoms with van der Waals surface area (Å²) in [6, 6.07) is 5.48. The van der Waals surface area contributed by atoms with Crippen molar-refractivity contribution in [2.24, 2.45) is 0 Å². The lowest BCUT2D eigenvalue weighted by molar-refractivity contribution is 0.558. The van der Waals surface area contributed by atoms with Crippen LogP contribution in [0, 0.1) is 6.92 Å². The van der Waals surface area contributed by atoms with E-state index in [0.29, 0.717) is 16.6 Å². The van der Waals surface area contributed by atoms with E-state index in [9.17, 15) is 0 Å². The van der Waals surface area contributed by atoms with Crippen LogP contribution in [-0.2, 0) is 6.54 Å². The van der Waals surface area contributed by atoms with Gasteiger partial charge in [-0.15, -0.1) is 0 Å². The Morgan fingerprint density at radius 1 is 1.32 bits per heavy atom. The molecule has 2 heterocycles. The molecule has 19 heavy (non-hydrogen) atoms. The molecule has 0 bridgehead atoms. The Morgan fingerprint density at radius 3 is 2.95 bits per heavy atom. The van der Waals surface area contributed by atoms with Gasteiger partial charge in [0.25, 0.3) is 0 Å². The zero-order chi connectivity index (χ0) is 13.4. The van der Waals surface area contributed by atoms with E-state index < -0.39 is 0 Å². The molecule has 0 aliphatic carbocycles. The first-order chi connectivity index (χ1) is 9.13. The fraction of sp³-hybridized carbons (Fsp3) is 0.231. The molecule has 1 aromatic heterocycles. The summed E-state index contributed by atoms with van der Waals surface area (Å²) in [4.78, 5) is 8.59. The Balaban J connectivity index is 1.93. The molecule has 0 radical (unpaired) electrons. The van der Waals surface area contributed by atoms with E-state index >= 15 is 0 Å². The smallest absolute Gasteiger partial charge is 0.135 e. The predicted octanol–water partition coefficient (Wildman–Crippen LogP) is 3.31. The van der Waals surface area contributed by atoms with Crippen molar-refractivity contribution in [2.75, 3.05) is 5.32 Å². The summed E-state index contributed by atoms with van der Waals surface area (Å²) in [5, 5.41) is 7.94. The van der Waals surface area contributed by atoms with Crippen molar-refractivity contribution in [1.82, 2.24) is 15.3 Å². The number of fused-ring (bicyclic) bond motifs is 1. The average molecular weight is 295 g/mol. The van der Waals surface area contributed by atoms with Gasteiger partial charge in [-0.25, -0.2) is 9.97 Å². The highest BCUT2D eigenvalue weighted by atomic mass is 35.5. The molecule has 1 aromatic carbocycles. The van der Waals surface area contributed by atoms with Gasteiger partial charge in [0.05, 0.1) is 0 Å². The quantitative estimate of drug-likeness (QED) is 0.847. The average Bonchev–Trinajstić information content (AvgIpc) is 2.38. The van der Waals surface area contributed by atoms with Crippen LogP contribution in [0.5, 0.6) is 0 Å². The third-order valence-corrected chi connectivity index (χ3v) is 3.60. The number of hydrogen-bond donors (Lipinski definition) is 2. The van der Waals surface area contributed by atoms with Gasteiger partial charge in [-0.3, -0.25) is 5.32 Å². The summed E-state index contributed by atoms with van der Waals surface area (Å²) in [5.74, 6) is 1.59. The van der Waals surface area contributed by atoms with Gasteiger partial charge in [-0.2, -0.15) is 0 Å². The number of rotatable bonds is 1. The minimum Gasteiger partial charge on any atom is -0.350 e. The first-order valence-corrected chi connectivity index (χ1v) is 6.66. The second-order valence-electron chi connectivity index (χ2n) is 4.42. The number of halogens is 2. The lowest BCUT2D eigenvalue weighted by Gasteiger charge is -2.28. The monoisotopic (exact) mass is 294 g/mol. The molecule has 6 heteroatoms. The molecule has 1 aliphatic rings. The Morgan fingerprint density at radius 2 is 2.16 bits per heavy atom. The largest absolute Gasteiger partial charge is 0.350 e. The first-order valence-electron chi connectivity index (χ1n) is 5.91. The van der Waals surface area contributed by atoms with Crippen molar-refractivity contribution in [3.63, 3.8) is 0 Å². The summed E-state index contributed by atoms with van der Waals surface area (Å²) in [6.45, 7) is 2.57. The highest BCUT2D eigenvalue weighted by Crippen LogP contribution is 2.30. The normalized spacial score (nSPS) is 17.7. The molecule has 0 saturated heterocycles. The summed E-state index contributed by atoms with van der Waals surface area (Å²) in [6.07, 6.45) is 1.75. The zero-order valence-electron chi connectivity index (χ0n) is 10.2. The fourth-order valence-corrected chi connectivity index (χ4v) is 2.59. The number of nitrogens with zero attached hydrogens (tertiary/aromatic N) is 2. The molecule has 0 spiro atoms. The van der Waals surface area contributed by atoms with Gasteiger partial charge in [0, 0.05) is 33.9 Å². The molecule has 0 saturated carbocycles. The van der Waals surface area contributed by atoms with Crippen LogP contribution in [0.15, 0.2) is 24.4 Å². The van der Waals surface area contributed by atoms with Crippen molar-refractivity contribution < 1.29 is 0 Å². The van der Waals surface area contributed by atoms with Crippen LogP contribution < -0.4 is 10.6 Å². The SMILES string of the molecule is Cc1ncc2c(n1)N[C@@H](c1ccc(Cl)cc1Cl)NC2. The van der Waals surface area contributed by atoms with Crippen molar-refractivity contribution in [3.05, 3.63) is 51.4 Å². The summed E-state index contributed by atoms with van der Waals surface area (Å²) in [7, 11) is 0. The van der Waals surface area contributed by atoms with Crippen molar-refractivity contribution >= 4 is 29.0 Å². The third-order valence-electron chi connectivity index (χ3n) is 3.04. The van der Waals surface area contributed by atoms with Crippen LogP contribution >= 0.6 is 23.2 Å². The van der Waals surface area contributed by atoms with Gasteiger partial charge in [-0.1, -0.05) is 29.3 Å². The molecule has 98 valence electrons. The standard InChI is InChI=1S/C13H12Cl2N4/c1-7-16-5-8-6-17-13(19-12(8)18-7)10-3-2-9(14)4-11(10)15/h2-5,13,17H,6H2,1H3,(H,16,18,19)/t13-/m0/s1. The summed E-state index contributed by atoms with van der Waals surface area (Å²) >= 11 is 12.1. The number of aromatic nitrogens is 2. The molecule has 1 atom stereocenters. The van der Waals surface area contributed by atoms with Gasteiger partial charge in [0.2, 0.25) is 0 Å². The van der Waals surface area contributed by atoms with E-state index in [1.807, 2.05) is 25.3 Å². The minimum absolute atomic E-state index is 0.0773. The van der Waals surface area contributed by atoms with Gasteiger partial charge in [0.1, 0.15) is 17.8 Å². The Kier molecular flexibility index (Phi) is 3.31. The molecule has 0 unspecified atom stereocenters. The first kappa shape index (κ1) is 12.7. The van der Waals surface area contributed by atoms with Gasteiger partial charge >= 0.3 is 0 Å². The molecule has 0 fully saturated rings. The Labute approximate surface area is 121 Å². The number of hydrogen-bond acceptors (Lipinski definition) is 4. The maximum Gasteiger partial charge on any atom is 0.135 e. The molecular weight excluding hydrogens is 283 g/mol. The van der Waals surface area contributed by atoms with Crippen molar-refractivity contribution in [3.8, 4) is 0 Å². The number of aryl methyl sites for hydroxylation is 1. The van der Waals surface area contributed by atoms with E-state index in [0.717, 1.165) is 22.8 Å². The van der Waals surface area contributed by atoms with Gasteiger partial charge in [-0.05, 0) is 19.1 Å². The van der Waals surface area contributed by atoms with Gasteiger partial charge < -0.3 is 5.32 Å². The molecule has 2 aromatic rings.